The second-order valence-electron chi connectivity index (χ2n) is 6.29. The second-order valence-corrected chi connectivity index (χ2v) is 6.29. The molecular weight excluding hydrogens is 246 g/mol. The van der Waals surface area contributed by atoms with E-state index in [1.54, 1.807) is 5.56 Å². The minimum absolute atomic E-state index is 0.516. The van der Waals surface area contributed by atoms with Crippen molar-refractivity contribution in [2.24, 2.45) is 0 Å². The highest BCUT2D eigenvalue weighted by atomic mass is 15.2. The average molecular weight is 269 g/mol. The summed E-state index contributed by atoms with van der Waals surface area (Å²) in [6.45, 7) is 3.30. The number of H-pyrrole nitrogens is 1. The van der Waals surface area contributed by atoms with Crippen LogP contribution in [0.3, 0.4) is 0 Å². The van der Waals surface area contributed by atoms with Crippen LogP contribution in [-0.2, 0) is 12.8 Å². The molecule has 4 rings (SSSR count). The number of aromatic amines is 1. The molecule has 1 aliphatic carbocycles. The number of hydrogen-bond acceptors (Lipinski definition) is 2. The number of rotatable bonds is 1. The predicted molar refractivity (Wildman–Crippen MR) is 83.2 cm³/mol. The van der Waals surface area contributed by atoms with Crippen molar-refractivity contribution >= 4 is 10.9 Å². The summed E-state index contributed by atoms with van der Waals surface area (Å²) in [7, 11) is 2.24. The third-order valence-corrected chi connectivity index (χ3v) is 5.02. The number of benzene rings is 1. The van der Waals surface area contributed by atoms with Crippen LogP contribution in [0.2, 0.25) is 0 Å². The first-order valence-corrected chi connectivity index (χ1v) is 7.87. The van der Waals surface area contributed by atoms with Crippen LogP contribution in [0.1, 0.15) is 35.7 Å². The molecule has 20 heavy (non-hydrogen) atoms. The fraction of sp³-hybridized carbons (Fsp3) is 0.529. The van der Waals surface area contributed by atoms with Gasteiger partial charge in [0.05, 0.1) is 0 Å². The molecule has 1 aliphatic heterocycles. The maximum atomic E-state index is 3.63. The molecule has 0 bridgehead atoms. The van der Waals surface area contributed by atoms with Crippen LogP contribution in [0.25, 0.3) is 10.9 Å². The lowest BCUT2D eigenvalue weighted by atomic mass is 9.94. The van der Waals surface area contributed by atoms with Crippen LogP contribution >= 0.6 is 0 Å². The molecule has 0 amide bonds. The number of aryl methyl sites for hydroxylation is 2. The molecule has 2 heterocycles. The summed E-state index contributed by atoms with van der Waals surface area (Å²) in [4.78, 5) is 6.10. The van der Waals surface area contributed by atoms with Crippen LogP contribution in [0.15, 0.2) is 18.2 Å². The van der Waals surface area contributed by atoms with Gasteiger partial charge in [0, 0.05) is 42.3 Å². The molecule has 1 fully saturated rings. The van der Waals surface area contributed by atoms with E-state index in [0.29, 0.717) is 6.04 Å². The first-order valence-electron chi connectivity index (χ1n) is 7.87. The summed E-state index contributed by atoms with van der Waals surface area (Å²) in [5.74, 6) is 0. The molecule has 0 saturated carbocycles. The summed E-state index contributed by atoms with van der Waals surface area (Å²) < 4.78 is 0. The van der Waals surface area contributed by atoms with E-state index in [4.69, 9.17) is 0 Å². The predicted octanol–water partition coefficient (Wildman–Crippen LogP) is 2.62. The summed E-state index contributed by atoms with van der Waals surface area (Å²) in [5, 5.41) is 4.99. The Labute approximate surface area is 120 Å². The van der Waals surface area contributed by atoms with Crippen LogP contribution in [0.4, 0.5) is 0 Å². The molecule has 1 atom stereocenters. The van der Waals surface area contributed by atoms with Gasteiger partial charge in [-0.15, -0.1) is 0 Å². The Kier molecular flexibility index (Phi) is 3.04. The van der Waals surface area contributed by atoms with E-state index in [9.17, 15) is 0 Å². The van der Waals surface area contributed by atoms with Crippen molar-refractivity contribution in [1.82, 2.24) is 15.2 Å². The van der Waals surface area contributed by atoms with Crippen molar-refractivity contribution in [1.29, 1.82) is 0 Å². The van der Waals surface area contributed by atoms with Crippen molar-refractivity contribution in [2.45, 2.75) is 31.7 Å². The van der Waals surface area contributed by atoms with Crippen LogP contribution in [0, 0.1) is 0 Å². The summed E-state index contributed by atoms with van der Waals surface area (Å²) in [6, 6.07) is 7.54. The largest absolute Gasteiger partial charge is 0.358 e. The van der Waals surface area contributed by atoms with Gasteiger partial charge in [-0.2, -0.15) is 0 Å². The van der Waals surface area contributed by atoms with E-state index < -0.39 is 0 Å². The Morgan fingerprint density at radius 1 is 1.20 bits per heavy atom. The molecule has 2 N–H and O–H groups in total. The Hall–Kier alpha value is -1.32. The van der Waals surface area contributed by atoms with Crippen molar-refractivity contribution in [3.63, 3.8) is 0 Å². The molecule has 0 radical (unpaired) electrons. The monoisotopic (exact) mass is 269 g/mol. The van der Waals surface area contributed by atoms with Crippen LogP contribution < -0.4 is 5.32 Å². The normalized spacial score (nSPS) is 23.9. The van der Waals surface area contributed by atoms with Crippen LogP contribution in [-0.4, -0.2) is 36.6 Å². The third-order valence-electron chi connectivity index (χ3n) is 5.02. The molecule has 106 valence electrons. The highest BCUT2D eigenvalue weighted by Crippen LogP contribution is 2.32. The van der Waals surface area contributed by atoms with E-state index in [0.717, 1.165) is 19.6 Å². The lowest BCUT2D eigenvalue weighted by Gasteiger charge is -2.33. The third kappa shape index (κ3) is 1.97. The van der Waals surface area contributed by atoms with Gasteiger partial charge in [0.25, 0.3) is 0 Å². The lowest BCUT2D eigenvalue weighted by molar-refractivity contribution is 0.202. The topological polar surface area (TPSA) is 31.1 Å². The number of nitrogens with one attached hydrogen (secondary N) is 2. The number of likely N-dealkylation sites (N-methyl/N-ethyl adjacent to an activating group) is 1. The molecule has 1 saturated heterocycles. The average Bonchev–Trinajstić information content (AvgIpc) is 2.85. The number of nitrogens with zero attached hydrogens (tertiary/aromatic N) is 1. The highest BCUT2D eigenvalue weighted by molar-refractivity contribution is 5.85. The van der Waals surface area contributed by atoms with Crippen molar-refractivity contribution in [3.8, 4) is 0 Å². The van der Waals surface area contributed by atoms with Crippen LogP contribution in [0.5, 0.6) is 0 Å². The highest BCUT2D eigenvalue weighted by Gasteiger charge is 2.22. The lowest BCUT2D eigenvalue weighted by Crippen LogP contribution is -2.43. The fourth-order valence-corrected chi connectivity index (χ4v) is 3.81. The van der Waals surface area contributed by atoms with Gasteiger partial charge in [-0.05, 0) is 56.0 Å². The number of piperazine rings is 1. The van der Waals surface area contributed by atoms with Gasteiger partial charge in [-0.25, -0.2) is 0 Å². The van der Waals surface area contributed by atoms with E-state index in [1.165, 1.54) is 47.8 Å². The molecule has 0 spiro atoms. The minimum atomic E-state index is 0.516. The Balaban J connectivity index is 1.77. The standard InChI is InChI=1S/C17H23N3/c1-20-9-8-18-11-17(20)12-6-7-16-14(10-12)13-4-2-3-5-15(13)19-16/h6-7,10,17-19H,2-5,8-9,11H2,1H3. The smallest absolute Gasteiger partial charge is 0.0470 e. The maximum Gasteiger partial charge on any atom is 0.0470 e. The number of fused-ring (bicyclic) bond motifs is 3. The molecule has 1 aromatic heterocycles. The quantitative estimate of drug-likeness (QED) is 0.834. The molecule has 2 aliphatic rings. The molecule has 3 nitrogen and oxygen atoms in total. The first kappa shape index (κ1) is 12.4. The van der Waals surface area contributed by atoms with E-state index in [2.05, 4.69) is 40.4 Å². The zero-order valence-electron chi connectivity index (χ0n) is 12.2. The van der Waals surface area contributed by atoms with Gasteiger partial charge in [0.15, 0.2) is 0 Å². The van der Waals surface area contributed by atoms with Gasteiger partial charge >= 0.3 is 0 Å². The van der Waals surface area contributed by atoms with Gasteiger partial charge in [-0.3, -0.25) is 4.90 Å². The van der Waals surface area contributed by atoms with Crippen molar-refractivity contribution in [2.75, 3.05) is 26.7 Å². The maximum absolute atomic E-state index is 3.63. The molecule has 2 aromatic rings. The number of hydrogen-bond donors (Lipinski definition) is 2. The second kappa shape index (κ2) is 4.90. The molecule has 1 aromatic carbocycles. The summed E-state index contributed by atoms with van der Waals surface area (Å²) in [5.41, 5.74) is 5.85. The zero-order chi connectivity index (χ0) is 13.5. The fourth-order valence-electron chi connectivity index (χ4n) is 3.81. The van der Waals surface area contributed by atoms with Crippen molar-refractivity contribution in [3.05, 3.63) is 35.0 Å². The van der Waals surface area contributed by atoms with E-state index in [-0.39, 0.29) is 0 Å². The Morgan fingerprint density at radius 2 is 2.10 bits per heavy atom. The van der Waals surface area contributed by atoms with E-state index >= 15 is 0 Å². The van der Waals surface area contributed by atoms with Crippen molar-refractivity contribution < 1.29 is 0 Å². The summed E-state index contributed by atoms with van der Waals surface area (Å²) in [6.07, 6.45) is 5.15. The van der Waals surface area contributed by atoms with Gasteiger partial charge in [-0.1, -0.05) is 6.07 Å². The molecular formula is C17H23N3. The SMILES string of the molecule is CN1CCNCC1c1ccc2[nH]c3c(c2c1)CCCC3. The first-order chi connectivity index (χ1) is 9.83. The molecule has 1 unspecified atom stereocenters. The zero-order valence-corrected chi connectivity index (χ0v) is 12.2. The van der Waals surface area contributed by atoms with E-state index in [1.807, 2.05) is 0 Å². The Bertz CT molecular complexity index is 628. The van der Waals surface area contributed by atoms with Gasteiger partial charge < -0.3 is 10.3 Å². The minimum Gasteiger partial charge on any atom is -0.358 e. The van der Waals surface area contributed by atoms with Gasteiger partial charge in [0.2, 0.25) is 0 Å². The Morgan fingerprint density at radius 3 is 3.00 bits per heavy atom. The van der Waals surface area contributed by atoms with Gasteiger partial charge in [0.1, 0.15) is 0 Å². The number of aromatic nitrogens is 1. The molecule has 3 heteroatoms. The summed E-state index contributed by atoms with van der Waals surface area (Å²) >= 11 is 0.